The molecule has 1 aromatic rings. The predicted molar refractivity (Wildman–Crippen MR) is 89.5 cm³/mol. The molecule has 0 bridgehead atoms. The molecule has 2 rings (SSSR count). The molecule has 1 heterocycles. The van der Waals surface area contributed by atoms with Crippen molar-refractivity contribution in [2.24, 2.45) is 0 Å². The van der Waals surface area contributed by atoms with Crippen LogP contribution in [-0.2, 0) is 4.79 Å². The Hall–Kier alpha value is -2.15. The Morgan fingerprint density at radius 1 is 1.35 bits per heavy atom. The zero-order valence-electron chi connectivity index (χ0n) is 13.5. The van der Waals surface area contributed by atoms with Gasteiger partial charge in [-0.05, 0) is 44.5 Å². The highest BCUT2D eigenvalue weighted by molar-refractivity contribution is 5.76. The molecule has 2 N–H and O–H groups in total. The molecule has 1 aliphatic rings. The molecular weight excluding hydrogens is 296 g/mol. The Bertz CT molecular complexity index is 527. The fourth-order valence-corrected chi connectivity index (χ4v) is 2.75. The van der Waals surface area contributed by atoms with E-state index in [1.54, 1.807) is 12.1 Å². The molecule has 0 aliphatic carbocycles. The number of non-ortho nitro benzene ring substituents is 1. The molecule has 0 atom stereocenters. The van der Waals surface area contributed by atoms with Crippen molar-refractivity contribution in [3.8, 4) is 0 Å². The van der Waals surface area contributed by atoms with Crippen molar-refractivity contribution in [3.63, 3.8) is 0 Å². The minimum atomic E-state index is -0.418. The number of hydrogen-bond donors (Lipinski definition) is 2. The van der Waals surface area contributed by atoms with Crippen LogP contribution in [0.5, 0.6) is 0 Å². The summed E-state index contributed by atoms with van der Waals surface area (Å²) < 4.78 is 0. The summed E-state index contributed by atoms with van der Waals surface area (Å²) in [7, 11) is 1.89. The number of amides is 1. The Morgan fingerprint density at radius 2 is 2.00 bits per heavy atom. The number of carbonyl (C=O) groups excluding carboxylic acids is 1. The second kappa shape index (κ2) is 8.47. The lowest BCUT2D eigenvalue weighted by molar-refractivity contribution is -0.384. The van der Waals surface area contributed by atoms with E-state index in [-0.39, 0.29) is 11.6 Å². The molecule has 1 fully saturated rings. The predicted octanol–water partition coefficient (Wildman–Crippen LogP) is 2.00. The zero-order chi connectivity index (χ0) is 16.7. The largest absolute Gasteiger partial charge is 0.385 e. The van der Waals surface area contributed by atoms with Crippen molar-refractivity contribution >= 4 is 17.3 Å². The van der Waals surface area contributed by atoms with Gasteiger partial charge < -0.3 is 15.5 Å². The Kier molecular flexibility index (Phi) is 6.34. The number of nitrogens with one attached hydrogen (secondary N) is 2. The summed E-state index contributed by atoms with van der Waals surface area (Å²) in [6.45, 7) is 2.62. The highest BCUT2D eigenvalue weighted by Crippen LogP contribution is 2.16. The monoisotopic (exact) mass is 320 g/mol. The summed E-state index contributed by atoms with van der Waals surface area (Å²) in [5.74, 6) is 0.183. The number of nitrogens with zero attached hydrogens (tertiary/aromatic N) is 2. The van der Waals surface area contributed by atoms with E-state index >= 15 is 0 Å². The van der Waals surface area contributed by atoms with E-state index in [9.17, 15) is 14.9 Å². The summed E-state index contributed by atoms with van der Waals surface area (Å²) in [6, 6.07) is 6.66. The third-order valence-corrected chi connectivity index (χ3v) is 4.22. The number of nitro groups is 1. The maximum atomic E-state index is 12.2. The van der Waals surface area contributed by atoms with Crippen LogP contribution in [0.25, 0.3) is 0 Å². The van der Waals surface area contributed by atoms with Gasteiger partial charge in [-0.15, -0.1) is 0 Å². The highest BCUT2D eigenvalue weighted by atomic mass is 16.6. The van der Waals surface area contributed by atoms with Crippen LogP contribution in [0.3, 0.4) is 0 Å². The van der Waals surface area contributed by atoms with Crippen LogP contribution in [-0.4, -0.2) is 48.5 Å². The lowest BCUT2D eigenvalue weighted by Crippen LogP contribution is -2.43. The molecule has 1 saturated heterocycles. The number of nitro benzene ring substituents is 1. The van der Waals surface area contributed by atoms with E-state index in [1.165, 1.54) is 12.1 Å². The number of anilines is 1. The minimum absolute atomic E-state index is 0.0781. The second-order valence-corrected chi connectivity index (χ2v) is 5.82. The molecule has 0 spiro atoms. The maximum Gasteiger partial charge on any atom is 0.269 e. The summed E-state index contributed by atoms with van der Waals surface area (Å²) in [5, 5.41) is 17.1. The standard InChI is InChI=1S/C16H24N4O3/c1-19(14-8-11-17-12-9-14)16(21)3-2-10-18-13-4-6-15(7-5-13)20(22)23/h4-7,14,17-18H,2-3,8-12H2,1H3. The number of piperidine rings is 1. The summed E-state index contributed by atoms with van der Waals surface area (Å²) in [6.07, 6.45) is 3.29. The van der Waals surface area contributed by atoms with E-state index in [4.69, 9.17) is 0 Å². The average Bonchev–Trinajstić information content (AvgIpc) is 2.59. The van der Waals surface area contributed by atoms with Crippen LogP contribution in [0.2, 0.25) is 0 Å². The molecule has 1 aliphatic heterocycles. The van der Waals surface area contributed by atoms with Crippen LogP contribution in [0.1, 0.15) is 25.7 Å². The van der Waals surface area contributed by atoms with E-state index in [0.29, 0.717) is 19.0 Å². The lowest BCUT2D eigenvalue weighted by Gasteiger charge is -2.31. The van der Waals surface area contributed by atoms with Crippen molar-refractivity contribution < 1.29 is 9.72 Å². The van der Waals surface area contributed by atoms with E-state index in [2.05, 4.69) is 10.6 Å². The zero-order valence-corrected chi connectivity index (χ0v) is 13.5. The first-order valence-electron chi connectivity index (χ1n) is 8.02. The summed E-state index contributed by atoms with van der Waals surface area (Å²) >= 11 is 0. The van der Waals surface area contributed by atoms with Gasteiger partial charge in [0.15, 0.2) is 0 Å². The van der Waals surface area contributed by atoms with Gasteiger partial charge in [-0.2, -0.15) is 0 Å². The number of hydrogen-bond acceptors (Lipinski definition) is 5. The Morgan fingerprint density at radius 3 is 2.61 bits per heavy atom. The SMILES string of the molecule is CN(C(=O)CCCNc1ccc([N+](=O)[O-])cc1)C1CCNCC1. The van der Waals surface area contributed by atoms with Crippen molar-refractivity contribution in [2.75, 3.05) is 32.0 Å². The van der Waals surface area contributed by atoms with Crippen molar-refractivity contribution in [1.82, 2.24) is 10.2 Å². The maximum absolute atomic E-state index is 12.2. The van der Waals surface area contributed by atoms with Crippen LogP contribution >= 0.6 is 0 Å². The van der Waals surface area contributed by atoms with Crippen LogP contribution in [0, 0.1) is 10.1 Å². The first kappa shape index (κ1) is 17.2. The second-order valence-electron chi connectivity index (χ2n) is 5.82. The smallest absolute Gasteiger partial charge is 0.269 e. The van der Waals surface area contributed by atoms with Crippen molar-refractivity contribution in [2.45, 2.75) is 31.7 Å². The van der Waals surface area contributed by atoms with Crippen molar-refractivity contribution in [1.29, 1.82) is 0 Å². The Labute approximate surface area is 136 Å². The molecule has 23 heavy (non-hydrogen) atoms. The van der Waals surface area contributed by atoms with Gasteiger partial charge in [0.2, 0.25) is 5.91 Å². The third-order valence-electron chi connectivity index (χ3n) is 4.22. The van der Waals surface area contributed by atoms with E-state index in [0.717, 1.165) is 38.0 Å². The normalized spacial score (nSPS) is 15.2. The van der Waals surface area contributed by atoms with Gasteiger partial charge in [0, 0.05) is 43.9 Å². The lowest BCUT2D eigenvalue weighted by atomic mass is 10.0. The van der Waals surface area contributed by atoms with Crippen molar-refractivity contribution in [3.05, 3.63) is 34.4 Å². The van der Waals surface area contributed by atoms with Gasteiger partial charge >= 0.3 is 0 Å². The molecule has 7 nitrogen and oxygen atoms in total. The summed E-state index contributed by atoms with van der Waals surface area (Å²) in [5.41, 5.74) is 0.907. The molecule has 1 amide bonds. The molecule has 0 radical (unpaired) electrons. The van der Waals surface area contributed by atoms with Gasteiger partial charge in [-0.3, -0.25) is 14.9 Å². The van der Waals surface area contributed by atoms with E-state index in [1.807, 2.05) is 11.9 Å². The average molecular weight is 320 g/mol. The molecule has 7 heteroatoms. The first-order valence-corrected chi connectivity index (χ1v) is 8.02. The number of benzene rings is 1. The van der Waals surface area contributed by atoms with Crippen LogP contribution < -0.4 is 10.6 Å². The molecule has 0 aromatic heterocycles. The van der Waals surface area contributed by atoms with Gasteiger partial charge in [0.1, 0.15) is 0 Å². The van der Waals surface area contributed by atoms with Gasteiger partial charge in [-0.25, -0.2) is 0 Å². The minimum Gasteiger partial charge on any atom is -0.385 e. The van der Waals surface area contributed by atoms with Gasteiger partial charge in [0.25, 0.3) is 5.69 Å². The Balaban J connectivity index is 1.68. The fourth-order valence-electron chi connectivity index (χ4n) is 2.75. The van der Waals surface area contributed by atoms with Crippen LogP contribution in [0.4, 0.5) is 11.4 Å². The number of rotatable bonds is 7. The highest BCUT2D eigenvalue weighted by Gasteiger charge is 2.21. The quantitative estimate of drug-likeness (QED) is 0.456. The van der Waals surface area contributed by atoms with Gasteiger partial charge in [0.05, 0.1) is 4.92 Å². The summed E-state index contributed by atoms with van der Waals surface area (Å²) in [4.78, 5) is 24.2. The molecule has 126 valence electrons. The molecule has 0 saturated carbocycles. The van der Waals surface area contributed by atoms with Crippen LogP contribution in [0.15, 0.2) is 24.3 Å². The fraction of sp³-hybridized carbons (Fsp3) is 0.562. The van der Waals surface area contributed by atoms with Gasteiger partial charge in [-0.1, -0.05) is 0 Å². The number of carbonyl (C=O) groups is 1. The molecule has 0 unspecified atom stereocenters. The van der Waals surface area contributed by atoms with E-state index < -0.39 is 4.92 Å². The third kappa shape index (κ3) is 5.21. The molecule has 1 aromatic carbocycles. The molecular formula is C16H24N4O3. The first-order chi connectivity index (χ1) is 11.1. The topological polar surface area (TPSA) is 87.5 Å².